The molecule has 130 valence electrons. The van der Waals surface area contributed by atoms with E-state index in [0.717, 1.165) is 6.08 Å². The molecule has 1 heterocycles. The number of amides is 1. The number of rotatable bonds is 4. The maximum absolute atomic E-state index is 10.8. The van der Waals surface area contributed by atoms with Crippen molar-refractivity contribution in [2.24, 2.45) is 0 Å². The summed E-state index contributed by atoms with van der Waals surface area (Å²) in [4.78, 5) is 10.8. The molecule has 0 saturated carbocycles. The van der Waals surface area contributed by atoms with E-state index in [1.54, 1.807) is 0 Å². The molecule has 0 fully saturated rings. The van der Waals surface area contributed by atoms with Crippen LogP contribution in [0.1, 0.15) is 34.6 Å². The summed E-state index contributed by atoms with van der Waals surface area (Å²) in [6.45, 7) is 12.7. The fraction of sp³-hybridized carbons (Fsp3) is 0.500. The second kappa shape index (κ2) is 8.21. The number of nitrogens with one attached hydrogen (secondary N) is 1. The minimum atomic E-state index is -4.33. The first kappa shape index (κ1) is 21.3. The van der Waals surface area contributed by atoms with Gasteiger partial charge in [0.25, 0.3) is 0 Å². The van der Waals surface area contributed by atoms with Gasteiger partial charge in [0, 0.05) is 38.4 Å². The molecular formula is C16H26N2O4S. The van der Waals surface area contributed by atoms with Crippen LogP contribution in [0.5, 0.6) is 0 Å². The van der Waals surface area contributed by atoms with E-state index in [0.29, 0.717) is 0 Å². The molecule has 0 radical (unpaired) electrons. The molecule has 0 aliphatic carbocycles. The van der Waals surface area contributed by atoms with E-state index in [-0.39, 0.29) is 5.54 Å². The number of carbonyl (C=O) groups is 1. The highest BCUT2D eigenvalue weighted by atomic mass is 32.2. The molecule has 7 heteroatoms. The molecule has 1 rings (SSSR count). The van der Waals surface area contributed by atoms with Crippen LogP contribution in [0, 0.1) is 0 Å². The van der Waals surface area contributed by atoms with Gasteiger partial charge in [0.05, 0.1) is 15.9 Å². The topological polar surface area (TPSA) is 90.2 Å². The molecule has 0 atom stereocenters. The molecule has 1 N–H and O–H groups in total. The number of carbonyl (C=O) groups excluding carboxylic acids is 1. The van der Waals surface area contributed by atoms with Gasteiger partial charge in [-0.2, -0.15) is 0 Å². The Bertz CT molecular complexity index is 617. The summed E-state index contributed by atoms with van der Waals surface area (Å²) in [5.74, 6) is -1.15. The van der Waals surface area contributed by atoms with Gasteiger partial charge in [-0.25, -0.2) is 13.0 Å². The van der Waals surface area contributed by atoms with E-state index in [2.05, 4.69) is 49.6 Å². The van der Waals surface area contributed by atoms with Crippen molar-refractivity contribution in [1.82, 2.24) is 5.32 Å². The van der Waals surface area contributed by atoms with Gasteiger partial charge in [0.2, 0.25) is 5.91 Å². The molecule has 0 aromatic carbocycles. The monoisotopic (exact) mass is 342 g/mol. The summed E-state index contributed by atoms with van der Waals surface area (Å²) in [7, 11) is -4.33. The van der Waals surface area contributed by atoms with Crippen LogP contribution in [0.25, 0.3) is 0 Å². The van der Waals surface area contributed by atoms with Gasteiger partial charge in [-0.3, -0.25) is 4.79 Å². The molecule has 6 nitrogen and oxygen atoms in total. The van der Waals surface area contributed by atoms with Gasteiger partial charge >= 0.3 is 0 Å². The summed E-state index contributed by atoms with van der Waals surface area (Å²) < 4.78 is 33.3. The van der Waals surface area contributed by atoms with Crippen LogP contribution in [-0.4, -0.2) is 30.2 Å². The Labute approximate surface area is 139 Å². The molecule has 1 aromatic heterocycles. The predicted molar refractivity (Wildman–Crippen MR) is 88.6 cm³/mol. The van der Waals surface area contributed by atoms with Crippen LogP contribution in [0.15, 0.2) is 43.2 Å². The van der Waals surface area contributed by atoms with E-state index in [4.69, 9.17) is 0 Å². The van der Waals surface area contributed by atoms with Crippen molar-refractivity contribution >= 4 is 16.0 Å². The minimum Gasteiger partial charge on any atom is -0.748 e. The van der Waals surface area contributed by atoms with E-state index in [1.165, 1.54) is 13.8 Å². The number of aromatic nitrogens is 1. The van der Waals surface area contributed by atoms with Crippen LogP contribution >= 0.6 is 0 Å². The van der Waals surface area contributed by atoms with Crippen molar-refractivity contribution in [2.75, 3.05) is 5.75 Å². The molecule has 0 spiro atoms. The molecule has 0 unspecified atom stereocenters. The molecule has 0 bridgehead atoms. The first-order chi connectivity index (χ1) is 10.3. The number of nitrogens with zero attached hydrogens (tertiary/aromatic N) is 1. The standard InChI is InChI=1S/C9H14N.C7H13NO4S/c1-9(2,3)10-7-5-4-6-8-10;1-4-6(9)8-7(2,3)5-13(10,11)12/h4-8H,1-3H3;4H,1,5H2,2-3H3,(H,8,9)(H,10,11,12)/q+1;/p-1. The van der Waals surface area contributed by atoms with E-state index >= 15 is 0 Å². The highest BCUT2D eigenvalue weighted by molar-refractivity contribution is 7.85. The zero-order chi connectivity index (χ0) is 18.3. The van der Waals surface area contributed by atoms with Crippen molar-refractivity contribution in [3.05, 3.63) is 43.2 Å². The smallest absolute Gasteiger partial charge is 0.243 e. The molecular weight excluding hydrogens is 316 g/mol. The van der Waals surface area contributed by atoms with Crippen molar-refractivity contribution in [1.29, 1.82) is 0 Å². The van der Waals surface area contributed by atoms with Crippen LogP contribution in [-0.2, 0) is 20.5 Å². The Hall–Kier alpha value is -1.73. The van der Waals surface area contributed by atoms with Gasteiger partial charge in [-0.05, 0) is 19.9 Å². The Morgan fingerprint density at radius 2 is 1.65 bits per heavy atom. The summed E-state index contributed by atoms with van der Waals surface area (Å²) >= 11 is 0. The zero-order valence-electron chi connectivity index (χ0n) is 14.4. The van der Waals surface area contributed by atoms with Gasteiger partial charge in [-0.1, -0.05) is 12.6 Å². The zero-order valence-corrected chi connectivity index (χ0v) is 15.2. The summed E-state index contributed by atoms with van der Waals surface area (Å²) in [6.07, 6.45) is 5.18. The fourth-order valence-electron chi connectivity index (χ4n) is 1.71. The SMILES string of the molecule is C=CC(=O)NC(C)(C)CS(=O)(=O)[O-].CC(C)(C)[n+]1ccccc1. The van der Waals surface area contributed by atoms with E-state index in [1.807, 2.05) is 18.2 Å². The van der Waals surface area contributed by atoms with E-state index < -0.39 is 27.3 Å². The van der Waals surface area contributed by atoms with E-state index in [9.17, 15) is 17.8 Å². The Kier molecular flexibility index (Phi) is 7.60. The Morgan fingerprint density at radius 3 is 1.96 bits per heavy atom. The van der Waals surface area contributed by atoms with Crippen LogP contribution in [0.4, 0.5) is 0 Å². The maximum atomic E-state index is 10.8. The van der Waals surface area contributed by atoms with Gasteiger partial charge in [0.15, 0.2) is 17.9 Å². The van der Waals surface area contributed by atoms with Gasteiger partial charge in [-0.15, -0.1) is 0 Å². The Morgan fingerprint density at radius 1 is 1.17 bits per heavy atom. The lowest BCUT2D eigenvalue weighted by molar-refractivity contribution is -0.754. The third-order valence-electron chi connectivity index (χ3n) is 2.67. The molecule has 23 heavy (non-hydrogen) atoms. The van der Waals surface area contributed by atoms with Crippen LogP contribution in [0.3, 0.4) is 0 Å². The first-order valence-corrected chi connectivity index (χ1v) is 8.69. The fourth-order valence-corrected chi connectivity index (χ4v) is 2.66. The third kappa shape index (κ3) is 10.6. The van der Waals surface area contributed by atoms with Crippen molar-refractivity contribution in [3.8, 4) is 0 Å². The molecule has 0 aliphatic rings. The van der Waals surface area contributed by atoms with Crippen molar-refractivity contribution in [2.45, 2.75) is 45.7 Å². The number of hydrogen-bond donors (Lipinski definition) is 1. The quantitative estimate of drug-likeness (QED) is 0.508. The largest absolute Gasteiger partial charge is 0.748 e. The molecule has 0 saturated heterocycles. The number of pyridine rings is 1. The minimum absolute atomic E-state index is 0.210. The lowest BCUT2D eigenvalue weighted by Crippen LogP contribution is -2.49. The highest BCUT2D eigenvalue weighted by Gasteiger charge is 2.22. The summed E-state index contributed by atoms with van der Waals surface area (Å²) in [6, 6.07) is 6.12. The normalized spacial score (nSPS) is 11.9. The molecule has 1 aromatic rings. The second-order valence-corrected chi connectivity index (χ2v) is 8.14. The highest BCUT2D eigenvalue weighted by Crippen LogP contribution is 2.05. The maximum Gasteiger partial charge on any atom is 0.243 e. The predicted octanol–water partition coefficient (Wildman–Crippen LogP) is 1.34. The lowest BCUT2D eigenvalue weighted by Gasteiger charge is -2.26. The third-order valence-corrected chi connectivity index (χ3v) is 3.75. The first-order valence-electron chi connectivity index (χ1n) is 7.12. The lowest BCUT2D eigenvalue weighted by atomic mass is 10.1. The molecule has 0 aliphatic heterocycles. The van der Waals surface area contributed by atoms with Crippen LogP contribution in [0.2, 0.25) is 0 Å². The van der Waals surface area contributed by atoms with Gasteiger partial charge in [0.1, 0.15) is 0 Å². The Balaban J connectivity index is 0.000000433. The van der Waals surface area contributed by atoms with Crippen LogP contribution < -0.4 is 9.88 Å². The second-order valence-electron chi connectivity index (χ2n) is 6.73. The van der Waals surface area contributed by atoms with Crippen molar-refractivity contribution < 1.29 is 22.3 Å². The average molecular weight is 342 g/mol. The summed E-state index contributed by atoms with van der Waals surface area (Å²) in [5, 5.41) is 2.33. The molecule has 1 amide bonds. The number of hydrogen-bond acceptors (Lipinski definition) is 4. The summed E-state index contributed by atoms with van der Waals surface area (Å²) in [5.41, 5.74) is -0.854. The van der Waals surface area contributed by atoms with Gasteiger partial charge < -0.3 is 9.87 Å². The van der Waals surface area contributed by atoms with Crippen molar-refractivity contribution in [3.63, 3.8) is 0 Å². The average Bonchev–Trinajstić information content (AvgIpc) is 2.36.